The minimum atomic E-state index is -1.14. The summed E-state index contributed by atoms with van der Waals surface area (Å²) < 4.78 is 6.43. The fourth-order valence-corrected chi connectivity index (χ4v) is 2.77. The van der Waals surface area contributed by atoms with E-state index in [9.17, 15) is 14.4 Å². The molecule has 1 atom stereocenters. The van der Waals surface area contributed by atoms with Crippen LogP contribution in [0.1, 0.15) is 15.9 Å². The summed E-state index contributed by atoms with van der Waals surface area (Å²) >= 11 is 3.25. The number of halogens is 1. The van der Waals surface area contributed by atoms with Gasteiger partial charge in [-0.25, -0.2) is 25.1 Å². The van der Waals surface area contributed by atoms with Crippen molar-refractivity contribution in [1.82, 2.24) is 20.8 Å². The molecule has 0 bridgehead atoms. The molecule has 0 saturated heterocycles. The second-order valence-electron chi connectivity index (χ2n) is 6.48. The highest BCUT2D eigenvalue weighted by atomic mass is 79.9. The minimum absolute atomic E-state index is 0.0949. The van der Waals surface area contributed by atoms with Crippen LogP contribution in [0.15, 0.2) is 65.4 Å². The summed E-state index contributed by atoms with van der Waals surface area (Å²) in [5.74, 6) is -0.250. The summed E-state index contributed by atoms with van der Waals surface area (Å²) in [7, 11) is 0. The van der Waals surface area contributed by atoms with Gasteiger partial charge in [0.25, 0.3) is 5.91 Å². The number of carbonyl (C=O) groups is 3. The van der Waals surface area contributed by atoms with Gasteiger partial charge >= 0.3 is 12.0 Å². The van der Waals surface area contributed by atoms with Gasteiger partial charge in [-0.05, 0) is 46.6 Å². The lowest BCUT2D eigenvalue weighted by atomic mass is 10.1. The third-order valence-corrected chi connectivity index (χ3v) is 4.56. The van der Waals surface area contributed by atoms with E-state index in [0.29, 0.717) is 16.5 Å². The predicted octanol–water partition coefficient (Wildman–Crippen LogP) is 2.68. The molecule has 0 spiro atoms. The van der Waals surface area contributed by atoms with E-state index in [-0.39, 0.29) is 17.3 Å². The highest BCUT2D eigenvalue weighted by Crippen LogP contribution is 2.29. The number of amides is 3. The quantitative estimate of drug-likeness (QED) is 0.256. The Morgan fingerprint density at radius 1 is 1.16 bits per heavy atom. The van der Waals surface area contributed by atoms with Crippen LogP contribution in [0.5, 0.6) is 11.8 Å². The number of nitrogens with one attached hydrogen (secondary N) is 2. The average Bonchev–Trinajstić information content (AvgIpc) is 2.81. The molecule has 3 aromatic rings. The summed E-state index contributed by atoms with van der Waals surface area (Å²) in [6.45, 7) is 1.80. The molecule has 2 aromatic carbocycles. The van der Waals surface area contributed by atoms with Gasteiger partial charge in [0.1, 0.15) is 11.9 Å². The number of benzene rings is 2. The first kappa shape index (κ1) is 23.0. The Bertz CT molecular complexity index is 1110. The van der Waals surface area contributed by atoms with Crippen molar-refractivity contribution in [3.63, 3.8) is 0 Å². The number of aryl methyl sites for hydroxylation is 1. The molecule has 3 amide bonds. The Morgan fingerprint density at radius 2 is 1.84 bits per heavy atom. The van der Waals surface area contributed by atoms with Crippen molar-refractivity contribution in [3.8, 4) is 11.8 Å². The van der Waals surface area contributed by atoms with Crippen LogP contribution in [-0.4, -0.2) is 34.4 Å². The Morgan fingerprint density at radius 3 is 2.50 bits per heavy atom. The first-order valence-electron chi connectivity index (χ1n) is 9.31. The molecule has 1 heterocycles. The number of rotatable bonds is 7. The van der Waals surface area contributed by atoms with Crippen molar-refractivity contribution >= 4 is 39.8 Å². The zero-order valence-electron chi connectivity index (χ0n) is 16.9. The van der Waals surface area contributed by atoms with Gasteiger partial charge in [-0.1, -0.05) is 24.3 Å². The highest BCUT2D eigenvalue weighted by Gasteiger charge is 2.26. The molecule has 1 aromatic heterocycles. The third kappa shape index (κ3) is 5.72. The topological polar surface area (TPSA) is 140 Å². The fraction of sp³-hybridized carbons (Fsp3) is 0.0952. The maximum atomic E-state index is 13.2. The average molecular weight is 499 g/mol. The van der Waals surface area contributed by atoms with E-state index in [2.05, 4.69) is 36.7 Å². The van der Waals surface area contributed by atoms with Crippen LogP contribution in [0.4, 0.5) is 10.5 Å². The van der Waals surface area contributed by atoms with Gasteiger partial charge in [0.05, 0.1) is 10.2 Å². The largest absolute Gasteiger partial charge is 0.424 e. The molecule has 32 heavy (non-hydrogen) atoms. The Kier molecular flexibility index (Phi) is 7.60. The Balaban J connectivity index is 1.96. The van der Waals surface area contributed by atoms with Gasteiger partial charge in [0, 0.05) is 24.0 Å². The lowest BCUT2D eigenvalue weighted by Crippen LogP contribution is -2.55. The van der Waals surface area contributed by atoms with Crippen molar-refractivity contribution in [1.29, 1.82) is 0 Å². The van der Waals surface area contributed by atoms with E-state index < -0.39 is 18.1 Å². The molecule has 4 N–H and O–H groups in total. The number of aromatic nitrogens is 2. The molecule has 10 nitrogen and oxygen atoms in total. The summed E-state index contributed by atoms with van der Waals surface area (Å²) in [5.41, 5.74) is 11.3. The van der Waals surface area contributed by atoms with Crippen molar-refractivity contribution < 1.29 is 19.1 Å². The summed E-state index contributed by atoms with van der Waals surface area (Å²) in [4.78, 5) is 45.8. The molecule has 164 valence electrons. The smallest absolute Gasteiger partial charge is 0.343 e. The molecule has 0 fully saturated rings. The maximum Gasteiger partial charge on any atom is 0.343 e. The molecule has 0 aliphatic rings. The molecule has 11 heteroatoms. The van der Waals surface area contributed by atoms with Crippen molar-refractivity contribution in [2.24, 2.45) is 5.73 Å². The van der Waals surface area contributed by atoms with Crippen LogP contribution < -0.4 is 26.2 Å². The van der Waals surface area contributed by atoms with Gasteiger partial charge < -0.3 is 15.3 Å². The fourth-order valence-electron chi connectivity index (χ4n) is 2.56. The molecule has 0 radical (unpaired) electrons. The Hall–Kier alpha value is -3.67. The van der Waals surface area contributed by atoms with Crippen molar-refractivity contribution in [2.45, 2.75) is 13.1 Å². The van der Waals surface area contributed by atoms with Gasteiger partial charge in [-0.3, -0.25) is 10.2 Å². The molecule has 1 unspecified atom stereocenters. The van der Waals surface area contributed by atoms with Crippen LogP contribution in [0.3, 0.4) is 0 Å². The monoisotopic (exact) mass is 498 g/mol. The van der Waals surface area contributed by atoms with Crippen LogP contribution >= 0.6 is 15.9 Å². The molecule has 3 rings (SSSR count). The van der Waals surface area contributed by atoms with E-state index >= 15 is 0 Å². The van der Waals surface area contributed by atoms with Gasteiger partial charge in [0.2, 0.25) is 0 Å². The van der Waals surface area contributed by atoms with Crippen molar-refractivity contribution in [2.75, 3.05) is 4.90 Å². The molecule has 0 aliphatic heterocycles. The van der Waals surface area contributed by atoms with Crippen LogP contribution in [-0.2, 0) is 4.79 Å². The normalized spacial score (nSPS) is 11.3. The lowest BCUT2D eigenvalue weighted by molar-refractivity contribution is -0.109. The number of hydrogen-bond donors (Lipinski definition) is 3. The van der Waals surface area contributed by atoms with Crippen LogP contribution in [0, 0.1) is 6.92 Å². The number of nitrogens with two attached hydrogens (primary N) is 1. The first-order valence-corrected chi connectivity index (χ1v) is 10.1. The van der Waals surface area contributed by atoms with Crippen LogP contribution in [0.2, 0.25) is 0 Å². The Labute approximate surface area is 191 Å². The number of nitrogens with zero attached hydrogens (tertiary/aromatic N) is 3. The van der Waals surface area contributed by atoms with E-state index in [1.54, 1.807) is 49.4 Å². The van der Waals surface area contributed by atoms with E-state index in [1.807, 2.05) is 0 Å². The van der Waals surface area contributed by atoms with E-state index in [0.717, 1.165) is 10.5 Å². The summed E-state index contributed by atoms with van der Waals surface area (Å²) in [6.07, 6.45) is 2.32. The van der Waals surface area contributed by atoms with Crippen molar-refractivity contribution in [3.05, 3.63) is 76.5 Å². The number of ether oxygens (including phenoxy) is 1. The lowest BCUT2D eigenvalue weighted by Gasteiger charge is -2.23. The SMILES string of the molecule is Cc1ccc(N(C(=O)NNC(N)C=O)C(=O)c2ccccc2)cc1Oc1ncc(Br)cn1. The van der Waals surface area contributed by atoms with Crippen LogP contribution in [0.25, 0.3) is 0 Å². The number of hydrogen-bond acceptors (Lipinski definition) is 8. The highest BCUT2D eigenvalue weighted by molar-refractivity contribution is 9.10. The molecule has 0 saturated carbocycles. The third-order valence-electron chi connectivity index (χ3n) is 4.15. The number of hydrazine groups is 1. The zero-order chi connectivity index (χ0) is 23.1. The predicted molar refractivity (Wildman–Crippen MR) is 120 cm³/mol. The number of aldehydes is 1. The van der Waals surface area contributed by atoms with E-state index in [1.165, 1.54) is 18.5 Å². The maximum absolute atomic E-state index is 13.2. The number of carbonyl (C=O) groups excluding carboxylic acids is 3. The summed E-state index contributed by atoms with van der Waals surface area (Å²) in [5, 5.41) is 0. The van der Waals surface area contributed by atoms with Gasteiger partial charge in [-0.2, -0.15) is 0 Å². The molecular formula is C21H19BrN6O4. The van der Waals surface area contributed by atoms with E-state index in [4.69, 9.17) is 10.5 Å². The second kappa shape index (κ2) is 10.6. The van der Waals surface area contributed by atoms with Gasteiger partial charge in [-0.15, -0.1) is 0 Å². The minimum Gasteiger partial charge on any atom is -0.424 e. The number of anilines is 1. The van der Waals surface area contributed by atoms with Gasteiger partial charge in [0.15, 0.2) is 6.29 Å². The number of imide groups is 1. The molecular weight excluding hydrogens is 480 g/mol. The zero-order valence-corrected chi connectivity index (χ0v) is 18.4. The number of urea groups is 1. The second-order valence-corrected chi connectivity index (χ2v) is 7.39. The summed E-state index contributed by atoms with van der Waals surface area (Å²) in [6, 6.07) is 12.3. The standard InChI is InChI=1S/C21H19BrN6O4/c1-13-7-8-16(9-17(13)32-20-24-10-15(22)11-25-20)28(21(31)27-26-18(23)12-29)19(30)14-5-3-2-4-6-14/h2-12,18,26H,23H2,1H3,(H,27,31). The first-order chi connectivity index (χ1) is 15.4. The molecule has 0 aliphatic carbocycles.